The maximum atomic E-state index is 3.60. The van der Waals surface area contributed by atoms with Gasteiger partial charge in [0.15, 0.2) is 0 Å². The molecule has 1 aliphatic heterocycles. The second-order valence-corrected chi connectivity index (χ2v) is 7.57. The van der Waals surface area contributed by atoms with Crippen LogP contribution in [-0.2, 0) is 0 Å². The van der Waals surface area contributed by atoms with Gasteiger partial charge in [-0.25, -0.2) is 0 Å². The minimum absolute atomic E-state index is 0.391. The lowest BCUT2D eigenvalue weighted by Gasteiger charge is -2.35. The molecule has 106 valence electrons. The number of hydrogen-bond acceptors (Lipinski definition) is 3. The molecule has 2 unspecified atom stereocenters. The van der Waals surface area contributed by atoms with E-state index >= 15 is 0 Å². The summed E-state index contributed by atoms with van der Waals surface area (Å²) < 4.78 is 1.16. The van der Waals surface area contributed by atoms with E-state index in [0.29, 0.717) is 6.04 Å². The van der Waals surface area contributed by atoms with E-state index in [0.717, 1.165) is 29.4 Å². The summed E-state index contributed by atoms with van der Waals surface area (Å²) in [7, 11) is 0. The second-order valence-electron chi connectivity index (χ2n) is 5.11. The van der Waals surface area contributed by atoms with Gasteiger partial charge in [-0.2, -0.15) is 11.8 Å². The molecule has 2 nitrogen and oxygen atoms in total. The van der Waals surface area contributed by atoms with Crippen molar-refractivity contribution in [2.24, 2.45) is 0 Å². The molecule has 1 N–H and O–H groups in total. The fourth-order valence-electron chi connectivity index (χ4n) is 2.61. The number of benzene rings is 1. The Hall–Kier alpha value is -0.190. The first-order chi connectivity index (χ1) is 9.11. The van der Waals surface area contributed by atoms with Crippen molar-refractivity contribution < 1.29 is 0 Å². The Kier molecular flexibility index (Phi) is 5.60. The van der Waals surface area contributed by atoms with Crippen molar-refractivity contribution >= 4 is 33.4 Å². The third-order valence-corrected chi connectivity index (χ3v) is 5.18. The van der Waals surface area contributed by atoms with Gasteiger partial charge in [0.2, 0.25) is 0 Å². The van der Waals surface area contributed by atoms with Crippen LogP contribution in [0.5, 0.6) is 0 Å². The highest BCUT2D eigenvalue weighted by Crippen LogP contribution is 2.32. The molecule has 1 aromatic carbocycles. The van der Waals surface area contributed by atoms with Crippen LogP contribution in [0.2, 0.25) is 0 Å². The van der Waals surface area contributed by atoms with E-state index in [1.807, 2.05) is 0 Å². The number of thioether (sulfide) groups is 1. The highest BCUT2D eigenvalue weighted by atomic mass is 79.9. The zero-order valence-corrected chi connectivity index (χ0v) is 14.4. The molecule has 1 aromatic rings. The highest BCUT2D eigenvalue weighted by molar-refractivity contribution is 9.10. The maximum absolute atomic E-state index is 3.60. The predicted molar refractivity (Wildman–Crippen MR) is 90.4 cm³/mol. The average Bonchev–Trinajstić information content (AvgIpc) is 2.39. The van der Waals surface area contributed by atoms with E-state index in [4.69, 9.17) is 0 Å². The minimum atomic E-state index is 0.391. The summed E-state index contributed by atoms with van der Waals surface area (Å²) in [6.07, 6.45) is 0. The van der Waals surface area contributed by atoms with Crippen molar-refractivity contribution in [3.63, 3.8) is 0 Å². The van der Waals surface area contributed by atoms with Crippen molar-refractivity contribution in [2.45, 2.75) is 32.1 Å². The Morgan fingerprint density at radius 2 is 2.32 bits per heavy atom. The van der Waals surface area contributed by atoms with Crippen molar-refractivity contribution in [2.75, 3.05) is 30.3 Å². The lowest BCUT2D eigenvalue weighted by Crippen LogP contribution is -2.37. The first kappa shape index (κ1) is 15.2. The van der Waals surface area contributed by atoms with E-state index in [2.05, 4.69) is 76.9 Å². The SMILES string of the molecule is CCNC(C)c1cc(Br)ccc1N1CCSC(C)C1. The molecule has 0 spiro atoms. The van der Waals surface area contributed by atoms with E-state index < -0.39 is 0 Å². The Balaban J connectivity index is 2.27. The quantitative estimate of drug-likeness (QED) is 0.888. The number of nitrogens with zero attached hydrogens (tertiary/aromatic N) is 1. The molecule has 0 bridgehead atoms. The molecule has 2 atom stereocenters. The summed E-state index contributed by atoms with van der Waals surface area (Å²) in [5.41, 5.74) is 2.79. The monoisotopic (exact) mass is 342 g/mol. The average molecular weight is 343 g/mol. The van der Waals surface area contributed by atoms with Crippen molar-refractivity contribution in [1.29, 1.82) is 0 Å². The van der Waals surface area contributed by atoms with Crippen LogP contribution in [-0.4, -0.2) is 30.6 Å². The smallest absolute Gasteiger partial charge is 0.0416 e. The molecule has 1 fully saturated rings. The minimum Gasteiger partial charge on any atom is -0.369 e. The van der Waals surface area contributed by atoms with Crippen LogP contribution >= 0.6 is 27.7 Å². The van der Waals surface area contributed by atoms with Crippen LogP contribution in [0.1, 0.15) is 32.4 Å². The number of anilines is 1. The molecule has 4 heteroatoms. The standard InChI is InChI=1S/C15H23BrN2S/c1-4-17-12(3)14-9-13(16)5-6-15(14)18-7-8-19-11(2)10-18/h5-6,9,11-12,17H,4,7-8,10H2,1-3H3. The molecule has 1 saturated heterocycles. The van der Waals surface area contributed by atoms with Gasteiger partial charge in [0.25, 0.3) is 0 Å². The zero-order chi connectivity index (χ0) is 13.8. The molecule has 2 rings (SSSR count). The summed E-state index contributed by atoms with van der Waals surface area (Å²) in [6, 6.07) is 7.07. The Morgan fingerprint density at radius 3 is 3.00 bits per heavy atom. The van der Waals surface area contributed by atoms with Gasteiger partial charge in [-0.1, -0.05) is 29.8 Å². The molecule has 1 aliphatic rings. The Labute approximate surface area is 129 Å². The van der Waals surface area contributed by atoms with E-state index in [1.54, 1.807) is 0 Å². The van der Waals surface area contributed by atoms with Crippen molar-refractivity contribution in [1.82, 2.24) is 5.32 Å². The van der Waals surface area contributed by atoms with Gasteiger partial charge in [0.1, 0.15) is 0 Å². The van der Waals surface area contributed by atoms with E-state index in [9.17, 15) is 0 Å². The number of halogens is 1. The van der Waals surface area contributed by atoms with Crippen LogP contribution in [0, 0.1) is 0 Å². The van der Waals surface area contributed by atoms with Crippen LogP contribution in [0.25, 0.3) is 0 Å². The van der Waals surface area contributed by atoms with Gasteiger partial charge in [0, 0.05) is 40.3 Å². The van der Waals surface area contributed by atoms with E-state index in [-0.39, 0.29) is 0 Å². The summed E-state index contributed by atoms with van der Waals surface area (Å²) in [4.78, 5) is 2.54. The Morgan fingerprint density at radius 1 is 1.53 bits per heavy atom. The molecular formula is C15H23BrN2S. The molecule has 1 heterocycles. The van der Waals surface area contributed by atoms with Crippen LogP contribution in [0.3, 0.4) is 0 Å². The molecule has 0 saturated carbocycles. The molecule has 0 amide bonds. The van der Waals surface area contributed by atoms with Crippen molar-refractivity contribution in [3.8, 4) is 0 Å². The lowest BCUT2D eigenvalue weighted by atomic mass is 10.0. The summed E-state index contributed by atoms with van der Waals surface area (Å²) in [5.74, 6) is 1.23. The first-order valence-corrected chi connectivity index (χ1v) is 8.85. The van der Waals surface area contributed by atoms with E-state index in [1.165, 1.54) is 17.0 Å². The molecule has 19 heavy (non-hydrogen) atoms. The van der Waals surface area contributed by atoms with Gasteiger partial charge in [-0.3, -0.25) is 0 Å². The topological polar surface area (TPSA) is 15.3 Å². The van der Waals surface area contributed by atoms with Gasteiger partial charge in [-0.05, 0) is 37.2 Å². The molecule has 0 aliphatic carbocycles. The maximum Gasteiger partial charge on any atom is 0.0416 e. The van der Waals surface area contributed by atoms with Crippen molar-refractivity contribution in [3.05, 3.63) is 28.2 Å². The third-order valence-electron chi connectivity index (χ3n) is 3.55. The highest BCUT2D eigenvalue weighted by Gasteiger charge is 2.21. The Bertz CT molecular complexity index is 425. The third kappa shape index (κ3) is 3.89. The van der Waals surface area contributed by atoms with Crippen LogP contribution in [0.4, 0.5) is 5.69 Å². The fourth-order valence-corrected chi connectivity index (χ4v) is 4.01. The van der Waals surface area contributed by atoms with Crippen LogP contribution in [0.15, 0.2) is 22.7 Å². The predicted octanol–water partition coefficient (Wildman–Crippen LogP) is 4.06. The normalized spacial score (nSPS) is 21.5. The lowest BCUT2D eigenvalue weighted by molar-refractivity contribution is 0.595. The van der Waals surface area contributed by atoms with Gasteiger partial charge < -0.3 is 10.2 Å². The molecule has 0 aromatic heterocycles. The number of hydrogen-bond donors (Lipinski definition) is 1. The van der Waals surface area contributed by atoms with Gasteiger partial charge >= 0.3 is 0 Å². The summed E-state index contributed by atoms with van der Waals surface area (Å²) in [6.45, 7) is 10.0. The zero-order valence-electron chi connectivity index (χ0n) is 11.9. The van der Waals surface area contributed by atoms with Gasteiger partial charge in [0.05, 0.1) is 0 Å². The van der Waals surface area contributed by atoms with Crippen LogP contribution < -0.4 is 10.2 Å². The van der Waals surface area contributed by atoms with Gasteiger partial charge in [-0.15, -0.1) is 0 Å². The summed E-state index contributed by atoms with van der Waals surface area (Å²) >= 11 is 5.68. The molecule has 0 radical (unpaired) electrons. The first-order valence-electron chi connectivity index (χ1n) is 7.01. The number of nitrogens with one attached hydrogen (secondary N) is 1. The number of rotatable bonds is 4. The molecular weight excluding hydrogens is 320 g/mol. The largest absolute Gasteiger partial charge is 0.369 e. The fraction of sp³-hybridized carbons (Fsp3) is 0.600. The summed E-state index contributed by atoms with van der Waals surface area (Å²) in [5, 5.41) is 4.25. The second kappa shape index (κ2) is 7.00.